The summed E-state index contributed by atoms with van der Waals surface area (Å²) in [6.07, 6.45) is 2.76. The first-order valence-electron chi connectivity index (χ1n) is 12.0. The van der Waals surface area contributed by atoms with Crippen molar-refractivity contribution in [2.75, 3.05) is 18.5 Å². The van der Waals surface area contributed by atoms with Crippen LogP contribution in [0.25, 0.3) is 17.0 Å². The predicted octanol–water partition coefficient (Wildman–Crippen LogP) is 5.58. The molecular weight excluding hydrogens is 519 g/mol. The molecule has 0 unspecified atom stereocenters. The zero-order chi connectivity index (χ0) is 27.9. The molecule has 0 aliphatic heterocycles. The number of para-hydroxylation sites is 1. The molecule has 0 aliphatic carbocycles. The standard InChI is InChI=1S/C30H24ClFN4O3/c1-19-6-10-21-4-3-5-27(30(21)35-19)39-18-24-23(16-33)26(14-13-25(24)31)36(2)29(38)17-34-28(37)15-9-20-7-11-22(32)12-8-20/h3-15H,17-18H2,1-2H3,(H,34,37)/b15-9+. The Morgan fingerprint density at radius 2 is 1.90 bits per heavy atom. The number of hydrogen-bond acceptors (Lipinski definition) is 5. The molecule has 0 spiro atoms. The number of nitriles is 1. The number of ether oxygens (including phenoxy) is 1. The summed E-state index contributed by atoms with van der Waals surface area (Å²) >= 11 is 6.44. The summed E-state index contributed by atoms with van der Waals surface area (Å²) in [7, 11) is 1.51. The summed E-state index contributed by atoms with van der Waals surface area (Å²) in [5.74, 6) is -0.773. The zero-order valence-electron chi connectivity index (χ0n) is 21.2. The topological polar surface area (TPSA) is 95.3 Å². The van der Waals surface area contributed by atoms with E-state index in [1.54, 1.807) is 18.2 Å². The number of amides is 2. The molecule has 1 aromatic heterocycles. The van der Waals surface area contributed by atoms with E-state index >= 15 is 0 Å². The van der Waals surface area contributed by atoms with E-state index in [0.717, 1.165) is 11.1 Å². The highest BCUT2D eigenvalue weighted by Gasteiger charge is 2.20. The largest absolute Gasteiger partial charge is 0.487 e. The van der Waals surface area contributed by atoms with Crippen LogP contribution >= 0.6 is 11.6 Å². The predicted molar refractivity (Wildman–Crippen MR) is 149 cm³/mol. The number of fused-ring (bicyclic) bond motifs is 1. The van der Waals surface area contributed by atoms with Gasteiger partial charge in [-0.3, -0.25) is 9.59 Å². The minimum Gasteiger partial charge on any atom is -0.487 e. The molecule has 0 bridgehead atoms. The first-order valence-corrected chi connectivity index (χ1v) is 12.3. The Balaban J connectivity index is 1.46. The lowest BCUT2D eigenvalue weighted by atomic mass is 10.1. The van der Waals surface area contributed by atoms with Gasteiger partial charge in [-0.15, -0.1) is 0 Å². The number of carbonyl (C=O) groups is 2. The van der Waals surface area contributed by atoms with Gasteiger partial charge in [0.2, 0.25) is 11.8 Å². The van der Waals surface area contributed by atoms with Crippen molar-refractivity contribution < 1.29 is 18.7 Å². The quantitative estimate of drug-likeness (QED) is 0.293. The van der Waals surface area contributed by atoms with Crippen molar-refractivity contribution in [1.82, 2.24) is 10.3 Å². The number of aryl methyl sites for hydroxylation is 1. The van der Waals surface area contributed by atoms with Crippen LogP contribution in [-0.4, -0.2) is 30.4 Å². The van der Waals surface area contributed by atoms with E-state index in [9.17, 15) is 19.2 Å². The normalized spacial score (nSPS) is 10.8. The number of anilines is 1. The Morgan fingerprint density at radius 3 is 2.64 bits per heavy atom. The minimum atomic E-state index is -0.495. The second-order valence-electron chi connectivity index (χ2n) is 8.66. The first-order chi connectivity index (χ1) is 18.8. The third-order valence-electron chi connectivity index (χ3n) is 5.99. The summed E-state index contributed by atoms with van der Waals surface area (Å²) in [4.78, 5) is 30.9. The van der Waals surface area contributed by atoms with Crippen molar-refractivity contribution in [2.24, 2.45) is 0 Å². The monoisotopic (exact) mass is 542 g/mol. The first kappa shape index (κ1) is 27.3. The van der Waals surface area contributed by atoms with Crippen molar-refractivity contribution in [3.63, 3.8) is 0 Å². The van der Waals surface area contributed by atoms with Crippen molar-refractivity contribution in [1.29, 1.82) is 5.26 Å². The molecule has 4 aromatic rings. The van der Waals surface area contributed by atoms with E-state index < -0.39 is 11.8 Å². The van der Waals surface area contributed by atoms with E-state index in [-0.39, 0.29) is 24.5 Å². The van der Waals surface area contributed by atoms with Crippen LogP contribution < -0.4 is 15.0 Å². The van der Waals surface area contributed by atoms with Crippen LogP contribution in [0.4, 0.5) is 10.1 Å². The van der Waals surface area contributed by atoms with Gasteiger partial charge in [0.15, 0.2) is 0 Å². The second-order valence-corrected chi connectivity index (χ2v) is 9.06. The zero-order valence-corrected chi connectivity index (χ0v) is 22.0. The molecule has 1 heterocycles. The van der Waals surface area contributed by atoms with Gasteiger partial charge in [-0.25, -0.2) is 9.37 Å². The molecule has 3 aromatic carbocycles. The highest BCUT2D eigenvalue weighted by atomic mass is 35.5. The number of nitrogens with zero attached hydrogens (tertiary/aromatic N) is 3. The van der Waals surface area contributed by atoms with E-state index in [0.29, 0.717) is 33.1 Å². The number of hydrogen-bond donors (Lipinski definition) is 1. The number of rotatable bonds is 8. The molecule has 0 atom stereocenters. The maximum Gasteiger partial charge on any atom is 0.246 e. The Morgan fingerprint density at radius 1 is 1.13 bits per heavy atom. The van der Waals surface area contributed by atoms with Crippen molar-refractivity contribution >= 4 is 46.1 Å². The van der Waals surface area contributed by atoms with Gasteiger partial charge in [-0.05, 0) is 55.0 Å². The molecule has 196 valence electrons. The smallest absolute Gasteiger partial charge is 0.246 e. The Labute approximate surface area is 230 Å². The Bertz CT molecular complexity index is 1610. The van der Waals surface area contributed by atoms with Gasteiger partial charge >= 0.3 is 0 Å². The van der Waals surface area contributed by atoms with Crippen LogP contribution in [0, 0.1) is 24.1 Å². The van der Waals surface area contributed by atoms with Crippen LogP contribution in [0.2, 0.25) is 5.02 Å². The SMILES string of the molecule is Cc1ccc2cccc(OCc3c(Cl)ccc(N(C)C(=O)CNC(=O)/C=C/c4ccc(F)cc4)c3C#N)c2n1. The lowest BCUT2D eigenvalue weighted by Gasteiger charge is -2.21. The van der Waals surface area contributed by atoms with Gasteiger partial charge in [0.05, 0.1) is 17.8 Å². The molecule has 0 aliphatic rings. The molecule has 2 amide bonds. The van der Waals surface area contributed by atoms with E-state index in [2.05, 4.69) is 16.4 Å². The number of aromatic nitrogens is 1. The molecule has 0 radical (unpaired) electrons. The van der Waals surface area contributed by atoms with Gasteiger partial charge in [-0.1, -0.05) is 41.9 Å². The molecule has 7 nitrogen and oxygen atoms in total. The van der Waals surface area contributed by atoms with E-state index in [1.165, 1.54) is 48.4 Å². The third kappa shape index (κ3) is 6.58. The molecule has 39 heavy (non-hydrogen) atoms. The molecular formula is C30H24ClFN4O3. The number of likely N-dealkylation sites (N-methyl/N-ethyl adjacent to an activating group) is 1. The fourth-order valence-corrected chi connectivity index (χ4v) is 4.07. The average molecular weight is 543 g/mol. The van der Waals surface area contributed by atoms with Gasteiger partial charge < -0.3 is 15.0 Å². The van der Waals surface area contributed by atoms with Crippen molar-refractivity contribution in [3.8, 4) is 11.8 Å². The van der Waals surface area contributed by atoms with E-state index in [1.807, 2.05) is 31.2 Å². The Hall–Kier alpha value is -4.74. The van der Waals surface area contributed by atoms with Crippen molar-refractivity contribution in [3.05, 3.63) is 106 Å². The van der Waals surface area contributed by atoms with Gasteiger partial charge in [0, 0.05) is 34.8 Å². The minimum absolute atomic E-state index is 0.0166. The molecule has 4 rings (SSSR count). The third-order valence-corrected chi connectivity index (χ3v) is 6.34. The van der Waals surface area contributed by atoms with Gasteiger partial charge in [0.25, 0.3) is 0 Å². The highest BCUT2D eigenvalue weighted by molar-refractivity contribution is 6.31. The fourth-order valence-electron chi connectivity index (χ4n) is 3.86. The molecule has 9 heteroatoms. The van der Waals surface area contributed by atoms with Crippen LogP contribution in [0.5, 0.6) is 5.75 Å². The van der Waals surface area contributed by atoms with Crippen LogP contribution in [0.15, 0.2) is 72.8 Å². The number of halogens is 2. The summed E-state index contributed by atoms with van der Waals surface area (Å²) in [6.45, 7) is 1.57. The van der Waals surface area contributed by atoms with Crippen LogP contribution in [-0.2, 0) is 16.2 Å². The molecule has 0 fully saturated rings. The summed E-state index contributed by atoms with van der Waals surface area (Å²) in [6, 6.07) is 20.4. The lowest BCUT2D eigenvalue weighted by molar-refractivity contribution is -0.122. The van der Waals surface area contributed by atoms with E-state index in [4.69, 9.17) is 16.3 Å². The molecule has 0 saturated heterocycles. The maximum absolute atomic E-state index is 13.0. The summed E-state index contributed by atoms with van der Waals surface area (Å²) in [5.41, 5.74) is 3.11. The lowest BCUT2D eigenvalue weighted by Crippen LogP contribution is -2.38. The average Bonchev–Trinajstić information content (AvgIpc) is 2.94. The highest BCUT2D eigenvalue weighted by Crippen LogP contribution is 2.31. The van der Waals surface area contributed by atoms with Crippen LogP contribution in [0.3, 0.4) is 0 Å². The number of benzene rings is 3. The number of carbonyl (C=O) groups excluding carboxylic acids is 2. The summed E-state index contributed by atoms with van der Waals surface area (Å²) in [5, 5.41) is 13.7. The van der Waals surface area contributed by atoms with Gasteiger partial charge in [-0.2, -0.15) is 5.26 Å². The van der Waals surface area contributed by atoms with Gasteiger partial charge in [0.1, 0.15) is 29.8 Å². The fraction of sp³-hybridized carbons (Fsp3) is 0.133. The molecule has 0 saturated carbocycles. The second kappa shape index (κ2) is 12.2. The molecule has 1 N–H and O–H groups in total. The number of nitrogens with one attached hydrogen (secondary N) is 1. The Kier molecular flexibility index (Phi) is 8.54. The summed E-state index contributed by atoms with van der Waals surface area (Å²) < 4.78 is 19.1. The van der Waals surface area contributed by atoms with Crippen molar-refractivity contribution in [2.45, 2.75) is 13.5 Å². The maximum atomic E-state index is 13.0. The number of pyridine rings is 1. The van der Waals surface area contributed by atoms with Crippen LogP contribution in [0.1, 0.15) is 22.4 Å².